The quantitative estimate of drug-likeness (QED) is 0.825. The third-order valence-corrected chi connectivity index (χ3v) is 2.68. The molecule has 0 aliphatic carbocycles. The highest BCUT2D eigenvalue weighted by molar-refractivity contribution is 5.22. The number of nitrogens with one attached hydrogen (secondary N) is 1. The van der Waals surface area contributed by atoms with Gasteiger partial charge in [0.1, 0.15) is 6.33 Å². The van der Waals surface area contributed by atoms with E-state index in [1.54, 1.807) is 0 Å². The average Bonchev–Trinajstić information content (AvgIpc) is 2.27. The van der Waals surface area contributed by atoms with Crippen LogP contribution in [0.4, 0.5) is 0 Å². The molecule has 0 saturated heterocycles. The monoisotopic (exact) mass is 237 g/mol. The molecule has 0 spiro atoms. The van der Waals surface area contributed by atoms with Crippen molar-refractivity contribution in [1.29, 1.82) is 0 Å². The van der Waals surface area contributed by atoms with Gasteiger partial charge in [-0.2, -0.15) is 0 Å². The maximum Gasteiger partial charge on any atom is 0.221 e. The van der Waals surface area contributed by atoms with Crippen molar-refractivity contribution in [3.05, 3.63) is 18.1 Å². The fraction of sp³-hybridized carbons (Fsp3) is 0.692. The largest absolute Gasteiger partial charge is 0.474 e. The molecule has 1 aromatic heterocycles. The Morgan fingerprint density at radius 3 is 2.53 bits per heavy atom. The highest BCUT2D eigenvalue weighted by Gasteiger charge is 2.12. The van der Waals surface area contributed by atoms with Crippen LogP contribution in [-0.2, 0) is 6.54 Å². The lowest BCUT2D eigenvalue weighted by Gasteiger charge is -2.19. The van der Waals surface area contributed by atoms with Gasteiger partial charge in [-0.15, -0.1) is 0 Å². The smallest absolute Gasteiger partial charge is 0.221 e. The molecule has 0 fully saturated rings. The predicted octanol–water partition coefficient (Wildman–Crippen LogP) is 2.40. The molecule has 0 bridgehead atoms. The first kappa shape index (κ1) is 13.9. The summed E-state index contributed by atoms with van der Waals surface area (Å²) < 4.78 is 5.85. The summed E-state index contributed by atoms with van der Waals surface area (Å²) in [5, 5.41) is 3.34. The number of rotatable bonds is 6. The summed E-state index contributed by atoms with van der Waals surface area (Å²) in [4.78, 5) is 8.25. The molecule has 1 N–H and O–H groups in total. The van der Waals surface area contributed by atoms with Gasteiger partial charge in [0, 0.05) is 24.3 Å². The summed E-state index contributed by atoms with van der Waals surface area (Å²) in [5.74, 6) is 1.16. The molecule has 0 radical (unpaired) electrons. The molecule has 1 heterocycles. The molecule has 1 aromatic rings. The molecule has 1 unspecified atom stereocenters. The van der Waals surface area contributed by atoms with Crippen molar-refractivity contribution in [2.45, 2.75) is 53.3 Å². The minimum atomic E-state index is 0.155. The lowest BCUT2D eigenvalue weighted by atomic mass is 10.1. The van der Waals surface area contributed by atoms with E-state index in [1.165, 1.54) is 6.33 Å². The molecule has 0 aliphatic rings. The van der Waals surface area contributed by atoms with Crippen molar-refractivity contribution >= 4 is 0 Å². The Bertz CT molecular complexity index is 339. The van der Waals surface area contributed by atoms with Crippen molar-refractivity contribution in [3.63, 3.8) is 0 Å². The Balaban J connectivity index is 2.70. The molecule has 4 nitrogen and oxygen atoms in total. The van der Waals surface area contributed by atoms with Gasteiger partial charge in [-0.3, -0.25) is 0 Å². The van der Waals surface area contributed by atoms with Crippen LogP contribution < -0.4 is 10.1 Å². The third-order valence-electron chi connectivity index (χ3n) is 2.68. The predicted molar refractivity (Wildman–Crippen MR) is 68.9 cm³/mol. The number of ether oxygens (including phenoxy) is 1. The average molecular weight is 237 g/mol. The maximum absolute atomic E-state index is 5.85. The van der Waals surface area contributed by atoms with Crippen LogP contribution in [0.25, 0.3) is 0 Å². The van der Waals surface area contributed by atoms with Gasteiger partial charge < -0.3 is 10.1 Å². The Kier molecular flexibility index (Phi) is 5.35. The summed E-state index contributed by atoms with van der Waals surface area (Å²) in [7, 11) is 0. The zero-order chi connectivity index (χ0) is 12.8. The molecule has 1 atom stereocenters. The van der Waals surface area contributed by atoms with Crippen molar-refractivity contribution < 1.29 is 4.74 Å². The highest BCUT2D eigenvalue weighted by atomic mass is 16.5. The van der Waals surface area contributed by atoms with Crippen LogP contribution in [0.3, 0.4) is 0 Å². The number of aromatic nitrogens is 2. The molecule has 17 heavy (non-hydrogen) atoms. The van der Waals surface area contributed by atoms with Crippen LogP contribution in [0.1, 0.15) is 40.2 Å². The van der Waals surface area contributed by atoms with Gasteiger partial charge in [0.25, 0.3) is 0 Å². The van der Waals surface area contributed by atoms with E-state index in [0.717, 1.165) is 12.1 Å². The van der Waals surface area contributed by atoms with Gasteiger partial charge in [0.2, 0.25) is 5.88 Å². The first-order chi connectivity index (χ1) is 8.00. The van der Waals surface area contributed by atoms with Crippen LogP contribution in [0.5, 0.6) is 5.88 Å². The summed E-state index contributed by atoms with van der Waals surface area (Å²) in [5.41, 5.74) is 1.01. The SMILES string of the molecule is CC(C)NCc1cncnc1OC(C)C(C)C. The Morgan fingerprint density at radius 2 is 1.94 bits per heavy atom. The van der Waals surface area contributed by atoms with Gasteiger partial charge in [-0.05, 0) is 12.8 Å². The van der Waals surface area contributed by atoms with Crippen LogP contribution in [0.15, 0.2) is 12.5 Å². The normalized spacial score (nSPS) is 13.1. The third kappa shape index (κ3) is 4.69. The highest BCUT2D eigenvalue weighted by Crippen LogP contribution is 2.17. The van der Waals surface area contributed by atoms with E-state index in [0.29, 0.717) is 17.8 Å². The zero-order valence-electron chi connectivity index (χ0n) is 11.4. The second kappa shape index (κ2) is 6.55. The second-order valence-corrected chi connectivity index (χ2v) is 4.96. The molecule has 0 aromatic carbocycles. The summed E-state index contributed by atoms with van der Waals surface area (Å²) in [6, 6.07) is 0.436. The van der Waals surface area contributed by atoms with Crippen LogP contribution >= 0.6 is 0 Å². The maximum atomic E-state index is 5.85. The number of hydrogen-bond acceptors (Lipinski definition) is 4. The van der Waals surface area contributed by atoms with Crippen molar-refractivity contribution in [2.24, 2.45) is 5.92 Å². The van der Waals surface area contributed by atoms with Crippen LogP contribution in [-0.4, -0.2) is 22.1 Å². The second-order valence-electron chi connectivity index (χ2n) is 4.96. The van der Waals surface area contributed by atoms with Crippen LogP contribution in [0.2, 0.25) is 0 Å². The fourth-order valence-corrected chi connectivity index (χ4v) is 1.20. The van der Waals surface area contributed by atoms with Gasteiger partial charge in [0.05, 0.1) is 6.10 Å². The first-order valence-electron chi connectivity index (χ1n) is 6.19. The van der Waals surface area contributed by atoms with Crippen LogP contribution in [0, 0.1) is 5.92 Å². The van der Waals surface area contributed by atoms with E-state index in [4.69, 9.17) is 4.74 Å². The van der Waals surface area contributed by atoms with E-state index in [1.807, 2.05) is 6.20 Å². The van der Waals surface area contributed by atoms with Gasteiger partial charge in [0.15, 0.2) is 0 Å². The van der Waals surface area contributed by atoms with Gasteiger partial charge in [-0.1, -0.05) is 27.7 Å². The molecular weight excluding hydrogens is 214 g/mol. The standard InChI is InChI=1S/C13H23N3O/c1-9(2)11(5)17-13-12(6-14-8-16-13)7-15-10(3)4/h6,8-11,15H,7H2,1-5H3. The van der Waals surface area contributed by atoms with Crippen molar-refractivity contribution in [3.8, 4) is 5.88 Å². The number of nitrogens with zero attached hydrogens (tertiary/aromatic N) is 2. The van der Waals surface area contributed by atoms with E-state index >= 15 is 0 Å². The van der Waals surface area contributed by atoms with E-state index in [9.17, 15) is 0 Å². The summed E-state index contributed by atoms with van der Waals surface area (Å²) in [6.07, 6.45) is 3.49. The van der Waals surface area contributed by atoms with Crippen molar-refractivity contribution in [2.75, 3.05) is 0 Å². The molecule has 1 rings (SSSR count). The molecule has 96 valence electrons. The number of hydrogen-bond donors (Lipinski definition) is 1. The topological polar surface area (TPSA) is 47.0 Å². The minimum Gasteiger partial charge on any atom is -0.474 e. The van der Waals surface area contributed by atoms with Gasteiger partial charge >= 0.3 is 0 Å². The van der Waals surface area contributed by atoms with E-state index in [2.05, 4.69) is 49.9 Å². The molecule has 4 heteroatoms. The Labute approximate surface area is 104 Å². The fourth-order valence-electron chi connectivity index (χ4n) is 1.20. The molecule has 0 saturated carbocycles. The molecular formula is C13H23N3O. The van der Waals surface area contributed by atoms with Gasteiger partial charge in [-0.25, -0.2) is 9.97 Å². The minimum absolute atomic E-state index is 0.155. The summed E-state index contributed by atoms with van der Waals surface area (Å²) >= 11 is 0. The Morgan fingerprint density at radius 1 is 1.24 bits per heavy atom. The summed E-state index contributed by atoms with van der Waals surface area (Å²) in [6.45, 7) is 11.3. The lowest BCUT2D eigenvalue weighted by Crippen LogP contribution is -2.24. The molecule has 0 aliphatic heterocycles. The lowest BCUT2D eigenvalue weighted by molar-refractivity contribution is 0.161. The van der Waals surface area contributed by atoms with E-state index in [-0.39, 0.29) is 6.10 Å². The first-order valence-corrected chi connectivity index (χ1v) is 6.19. The molecule has 0 amide bonds. The van der Waals surface area contributed by atoms with E-state index < -0.39 is 0 Å². The Hall–Kier alpha value is -1.16. The zero-order valence-corrected chi connectivity index (χ0v) is 11.4. The van der Waals surface area contributed by atoms with Crippen molar-refractivity contribution in [1.82, 2.24) is 15.3 Å².